The number of hydrogen-bond acceptors (Lipinski definition) is 3. The molecule has 4 heteroatoms. The molecule has 4 nitrogen and oxygen atoms in total. The molecular weight excluding hydrogens is 266 g/mol. The Balaban J connectivity index is 3.45. The number of para-hydroxylation sites is 1. The third kappa shape index (κ3) is 3.51. The van der Waals surface area contributed by atoms with Crippen LogP contribution in [0.5, 0.6) is 0 Å². The number of amides is 1. The highest BCUT2D eigenvalue weighted by Crippen LogP contribution is 2.28. The molecule has 0 radical (unpaired) electrons. The van der Waals surface area contributed by atoms with Gasteiger partial charge in [0.2, 0.25) is 0 Å². The molecule has 0 saturated carbocycles. The van der Waals surface area contributed by atoms with Crippen molar-refractivity contribution in [1.82, 2.24) is 0 Å². The first-order valence-corrected chi connectivity index (χ1v) is 6.95. The Bertz CT molecular complexity index is 555. The van der Waals surface area contributed by atoms with E-state index in [1.807, 2.05) is 32.0 Å². The lowest BCUT2D eigenvalue weighted by Crippen LogP contribution is -2.45. The van der Waals surface area contributed by atoms with E-state index in [1.54, 1.807) is 26.8 Å². The molecule has 0 bridgehead atoms. The van der Waals surface area contributed by atoms with Crippen molar-refractivity contribution in [2.45, 2.75) is 40.7 Å². The molecule has 21 heavy (non-hydrogen) atoms. The topological polar surface area (TPSA) is 46.6 Å². The first kappa shape index (κ1) is 17.0. The van der Waals surface area contributed by atoms with Crippen LogP contribution in [0.3, 0.4) is 0 Å². The fourth-order valence-corrected chi connectivity index (χ4v) is 2.25. The second-order valence-electron chi connectivity index (χ2n) is 5.09. The summed E-state index contributed by atoms with van der Waals surface area (Å²) in [5, 5.41) is 0. The molecule has 114 valence electrons. The van der Waals surface area contributed by atoms with Crippen LogP contribution < -0.4 is 4.90 Å². The first-order chi connectivity index (χ1) is 9.84. The molecule has 1 aromatic rings. The van der Waals surface area contributed by atoms with Crippen LogP contribution in [0.4, 0.5) is 5.69 Å². The van der Waals surface area contributed by atoms with Gasteiger partial charge in [-0.25, -0.2) is 4.79 Å². The Kier molecular flexibility index (Phi) is 5.70. The summed E-state index contributed by atoms with van der Waals surface area (Å²) in [4.78, 5) is 26.1. The number of hydrogen-bond donors (Lipinski definition) is 0. The highest BCUT2D eigenvalue weighted by atomic mass is 16.5. The zero-order chi connectivity index (χ0) is 16.2. The van der Waals surface area contributed by atoms with Crippen molar-refractivity contribution in [2.24, 2.45) is 0 Å². The van der Waals surface area contributed by atoms with Gasteiger partial charge in [-0.05, 0) is 45.7 Å². The van der Waals surface area contributed by atoms with Crippen molar-refractivity contribution < 1.29 is 14.3 Å². The molecule has 0 aromatic heterocycles. The summed E-state index contributed by atoms with van der Waals surface area (Å²) in [6, 6.07) is 5.11. The lowest BCUT2D eigenvalue weighted by molar-refractivity contribution is -0.142. The van der Waals surface area contributed by atoms with Crippen molar-refractivity contribution >= 4 is 17.6 Å². The van der Waals surface area contributed by atoms with Crippen molar-refractivity contribution in [2.75, 3.05) is 12.0 Å². The minimum absolute atomic E-state index is 0.187. The van der Waals surface area contributed by atoms with E-state index in [0.717, 1.165) is 16.8 Å². The second-order valence-corrected chi connectivity index (χ2v) is 5.09. The van der Waals surface area contributed by atoms with E-state index in [-0.39, 0.29) is 5.91 Å². The largest absolute Gasteiger partial charge is 0.467 e. The molecule has 1 atom stereocenters. The smallest absolute Gasteiger partial charge is 0.328 e. The van der Waals surface area contributed by atoms with Crippen molar-refractivity contribution in [3.63, 3.8) is 0 Å². The molecule has 1 amide bonds. The van der Waals surface area contributed by atoms with Crippen LogP contribution in [-0.2, 0) is 14.3 Å². The summed E-state index contributed by atoms with van der Waals surface area (Å²) in [5.74, 6) is -0.622. The SMILES string of the molecule is C/C=C(\C)C(=O)N(c1c(C)cccc1C)[C@@H](C)C(=O)OC. The first-order valence-electron chi connectivity index (χ1n) is 6.95. The van der Waals surface area contributed by atoms with E-state index in [1.165, 1.54) is 12.0 Å². The van der Waals surface area contributed by atoms with E-state index < -0.39 is 12.0 Å². The third-order valence-electron chi connectivity index (χ3n) is 3.60. The number of carbonyl (C=O) groups excluding carboxylic acids is 2. The number of esters is 1. The molecule has 0 saturated heterocycles. The van der Waals surface area contributed by atoms with Gasteiger partial charge in [0.1, 0.15) is 6.04 Å². The Labute approximate surface area is 126 Å². The molecule has 0 aliphatic heterocycles. The van der Waals surface area contributed by atoms with Crippen molar-refractivity contribution in [3.05, 3.63) is 41.0 Å². The molecule has 0 fully saturated rings. The number of rotatable bonds is 4. The fourth-order valence-electron chi connectivity index (χ4n) is 2.25. The van der Waals surface area contributed by atoms with E-state index in [9.17, 15) is 9.59 Å². The Hall–Kier alpha value is -2.10. The summed E-state index contributed by atoms with van der Waals surface area (Å²) < 4.78 is 4.81. The average molecular weight is 289 g/mol. The average Bonchev–Trinajstić information content (AvgIpc) is 2.48. The standard InChI is InChI=1S/C17H23NO3/c1-7-11(2)16(19)18(14(5)17(20)21-6)15-12(3)9-8-10-13(15)4/h7-10,14H,1-6H3/b11-7+/t14-/m0/s1. The van der Waals surface area contributed by atoms with E-state index >= 15 is 0 Å². The maximum atomic E-state index is 12.7. The molecule has 0 N–H and O–H groups in total. The van der Waals surface area contributed by atoms with Gasteiger partial charge < -0.3 is 4.74 Å². The maximum Gasteiger partial charge on any atom is 0.328 e. The Morgan fingerprint density at radius 2 is 1.76 bits per heavy atom. The summed E-state index contributed by atoms with van der Waals surface area (Å²) in [5.41, 5.74) is 3.25. The second kappa shape index (κ2) is 7.07. The number of ether oxygens (including phenoxy) is 1. The summed E-state index contributed by atoms with van der Waals surface area (Å²) >= 11 is 0. The molecule has 0 unspecified atom stereocenters. The van der Waals surface area contributed by atoms with Gasteiger partial charge in [-0.1, -0.05) is 24.3 Å². The monoisotopic (exact) mass is 289 g/mol. The van der Waals surface area contributed by atoms with Crippen molar-refractivity contribution in [1.29, 1.82) is 0 Å². The molecule has 1 aromatic carbocycles. The number of nitrogens with zero attached hydrogens (tertiary/aromatic N) is 1. The van der Waals surface area contributed by atoms with Crippen molar-refractivity contribution in [3.8, 4) is 0 Å². The van der Waals surface area contributed by atoms with Gasteiger partial charge in [0.15, 0.2) is 0 Å². The molecule has 1 rings (SSSR count). The number of allylic oxidation sites excluding steroid dienone is 1. The third-order valence-corrected chi connectivity index (χ3v) is 3.60. The van der Waals surface area contributed by atoms with Gasteiger partial charge in [-0.2, -0.15) is 0 Å². The van der Waals surface area contributed by atoms with Gasteiger partial charge in [-0.3, -0.25) is 9.69 Å². The number of carbonyl (C=O) groups is 2. The highest BCUT2D eigenvalue weighted by molar-refractivity contribution is 6.09. The van der Waals surface area contributed by atoms with E-state index in [4.69, 9.17) is 4.74 Å². The van der Waals surface area contributed by atoms with Gasteiger partial charge in [0, 0.05) is 5.57 Å². The van der Waals surface area contributed by atoms with Crippen LogP contribution in [-0.4, -0.2) is 25.0 Å². The normalized spacial score (nSPS) is 12.8. The van der Waals surface area contributed by atoms with Gasteiger partial charge in [0.25, 0.3) is 5.91 Å². The van der Waals surface area contributed by atoms with Crippen LogP contribution in [0.15, 0.2) is 29.8 Å². The maximum absolute atomic E-state index is 12.7. The van der Waals surface area contributed by atoms with Gasteiger partial charge >= 0.3 is 5.97 Å². The predicted molar refractivity (Wildman–Crippen MR) is 84.3 cm³/mol. The predicted octanol–water partition coefficient (Wildman–Crippen LogP) is 3.16. The zero-order valence-corrected chi connectivity index (χ0v) is 13.6. The number of anilines is 1. The van der Waals surface area contributed by atoms with Crippen LogP contribution in [0.2, 0.25) is 0 Å². The van der Waals surface area contributed by atoms with Crippen LogP contribution in [0.25, 0.3) is 0 Å². The van der Waals surface area contributed by atoms with Crippen LogP contribution in [0.1, 0.15) is 31.9 Å². The quantitative estimate of drug-likeness (QED) is 0.632. The zero-order valence-electron chi connectivity index (χ0n) is 13.6. The highest BCUT2D eigenvalue weighted by Gasteiger charge is 2.30. The van der Waals surface area contributed by atoms with Crippen LogP contribution in [0, 0.1) is 13.8 Å². The number of methoxy groups -OCH3 is 1. The molecule has 0 aliphatic carbocycles. The van der Waals surface area contributed by atoms with Gasteiger partial charge in [0.05, 0.1) is 12.8 Å². The molecule has 0 spiro atoms. The fraction of sp³-hybridized carbons (Fsp3) is 0.412. The molecule has 0 aliphatic rings. The number of benzene rings is 1. The molecular formula is C17H23NO3. The molecule has 0 heterocycles. The summed E-state index contributed by atoms with van der Waals surface area (Å²) in [7, 11) is 1.33. The summed E-state index contributed by atoms with van der Waals surface area (Å²) in [6.07, 6.45) is 1.74. The Morgan fingerprint density at radius 1 is 1.24 bits per heavy atom. The van der Waals surface area contributed by atoms with Gasteiger partial charge in [-0.15, -0.1) is 0 Å². The van der Waals surface area contributed by atoms with E-state index in [0.29, 0.717) is 5.57 Å². The van der Waals surface area contributed by atoms with E-state index in [2.05, 4.69) is 0 Å². The minimum atomic E-state index is -0.683. The summed E-state index contributed by atoms with van der Waals surface area (Å²) in [6.45, 7) is 9.08. The number of aryl methyl sites for hydroxylation is 2. The minimum Gasteiger partial charge on any atom is -0.467 e. The Morgan fingerprint density at radius 3 is 2.19 bits per heavy atom. The lowest BCUT2D eigenvalue weighted by atomic mass is 10.0. The van der Waals surface area contributed by atoms with Crippen LogP contribution >= 0.6 is 0 Å². The lowest BCUT2D eigenvalue weighted by Gasteiger charge is -2.30.